The Bertz CT molecular complexity index is 539. The smallest absolute Gasteiger partial charge is 0.137 e. The van der Waals surface area contributed by atoms with Crippen molar-refractivity contribution in [1.29, 1.82) is 0 Å². The van der Waals surface area contributed by atoms with Gasteiger partial charge in [-0.3, -0.25) is 4.68 Å². The number of aromatic nitrogens is 2. The number of aryl methyl sites for hydroxylation is 1. The molecular weight excluding hydrogens is 297 g/mol. The maximum Gasteiger partial charge on any atom is 0.137 e. The summed E-state index contributed by atoms with van der Waals surface area (Å²) in [5.41, 5.74) is 1.98. The van der Waals surface area contributed by atoms with Crippen LogP contribution < -0.4 is 5.32 Å². The third-order valence-electron chi connectivity index (χ3n) is 2.78. The summed E-state index contributed by atoms with van der Waals surface area (Å²) in [5.74, 6) is -0.257. The van der Waals surface area contributed by atoms with Gasteiger partial charge in [0.05, 0.1) is 16.7 Å². The van der Waals surface area contributed by atoms with Crippen LogP contribution in [0, 0.1) is 5.82 Å². The molecule has 1 N–H and O–H groups in total. The van der Waals surface area contributed by atoms with Crippen molar-refractivity contribution in [2.24, 2.45) is 0 Å². The molecule has 0 aliphatic carbocycles. The Labute approximate surface area is 114 Å². The van der Waals surface area contributed by atoms with Crippen LogP contribution in [-0.4, -0.2) is 9.78 Å². The third kappa shape index (κ3) is 2.90. The van der Waals surface area contributed by atoms with Crippen molar-refractivity contribution in [2.45, 2.75) is 26.4 Å². The Hall–Kier alpha value is -1.36. The molecule has 1 atom stereocenters. The summed E-state index contributed by atoms with van der Waals surface area (Å²) in [4.78, 5) is 0. The van der Waals surface area contributed by atoms with Crippen LogP contribution in [0.5, 0.6) is 0 Å². The summed E-state index contributed by atoms with van der Waals surface area (Å²) < 4.78 is 15.5. The highest BCUT2D eigenvalue weighted by Gasteiger charge is 2.08. The summed E-state index contributed by atoms with van der Waals surface area (Å²) in [7, 11) is 0. The SMILES string of the molecule is CCn1cc(C(C)Nc2ccc(F)c(Br)c2)cn1. The summed E-state index contributed by atoms with van der Waals surface area (Å²) in [6, 6.07) is 5.02. The first-order valence-corrected chi connectivity index (χ1v) is 6.63. The lowest BCUT2D eigenvalue weighted by molar-refractivity contribution is 0.621. The number of hydrogen-bond acceptors (Lipinski definition) is 2. The summed E-state index contributed by atoms with van der Waals surface area (Å²) >= 11 is 3.18. The second-order valence-corrected chi connectivity index (χ2v) is 4.98. The van der Waals surface area contributed by atoms with E-state index in [2.05, 4.69) is 26.3 Å². The topological polar surface area (TPSA) is 29.9 Å². The molecule has 0 aliphatic rings. The number of anilines is 1. The zero-order valence-electron chi connectivity index (χ0n) is 10.3. The zero-order valence-corrected chi connectivity index (χ0v) is 11.9. The van der Waals surface area contributed by atoms with Crippen molar-refractivity contribution >= 4 is 21.6 Å². The van der Waals surface area contributed by atoms with E-state index in [1.807, 2.05) is 30.9 Å². The van der Waals surface area contributed by atoms with Crippen LogP contribution in [0.3, 0.4) is 0 Å². The van der Waals surface area contributed by atoms with Crippen molar-refractivity contribution in [2.75, 3.05) is 5.32 Å². The van der Waals surface area contributed by atoms with Gasteiger partial charge >= 0.3 is 0 Å². The first kappa shape index (κ1) is 13.1. The molecule has 0 spiro atoms. The van der Waals surface area contributed by atoms with Gasteiger partial charge in [0.2, 0.25) is 0 Å². The van der Waals surface area contributed by atoms with E-state index >= 15 is 0 Å². The van der Waals surface area contributed by atoms with Gasteiger partial charge in [0.1, 0.15) is 5.82 Å². The molecule has 96 valence electrons. The van der Waals surface area contributed by atoms with E-state index in [0.717, 1.165) is 17.8 Å². The zero-order chi connectivity index (χ0) is 13.1. The molecule has 1 unspecified atom stereocenters. The highest BCUT2D eigenvalue weighted by atomic mass is 79.9. The number of nitrogens with one attached hydrogen (secondary N) is 1. The van der Waals surface area contributed by atoms with Crippen LogP contribution in [0.1, 0.15) is 25.5 Å². The normalized spacial score (nSPS) is 12.4. The average molecular weight is 312 g/mol. The molecule has 3 nitrogen and oxygen atoms in total. The van der Waals surface area contributed by atoms with Gasteiger partial charge < -0.3 is 5.32 Å². The van der Waals surface area contributed by atoms with Crippen LogP contribution in [0.4, 0.5) is 10.1 Å². The lowest BCUT2D eigenvalue weighted by Crippen LogP contribution is -2.06. The molecule has 2 aromatic rings. The molecule has 0 saturated heterocycles. The Morgan fingerprint density at radius 2 is 2.28 bits per heavy atom. The summed E-state index contributed by atoms with van der Waals surface area (Å²) in [6.07, 6.45) is 3.86. The molecule has 0 radical (unpaired) electrons. The van der Waals surface area contributed by atoms with Gasteiger partial charge in [0.15, 0.2) is 0 Å². The molecule has 5 heteroatoms. The van der Waals surface area contributed by atoms with E-state index in [9.17, 15) is 4.39 Å². The summed E-state index contributed by atoms with van der Waals surface area (Å²) in [6.45, 7) is 4.95. The van der Waals surface area contributed by atoms with E-state index < -0.39 is 0 Å². The monoisotopic (exact) mass is 311 g/mol. The molecule has 18 heavy (non-hydrogen) atoms. The maximum absolute atomic E-state index is 13.1. The fourth-order valence-corrected chi connectivity index (χ4v) is 2.07. The van der Waals surface area contributed by atoms with E-state index in [1.54, 1.807) is 12.1 Å². The van der Waals surface area contributed by atoms with Gasteiger partial charge in [-0.05, 0) is 48.0 Å². The number of rotatable bonds is 4. The molecule has 0 bridgehead atoms. The molecule has 1 aromatic heterocycles. The van der Waals surface area contributed by atoms with Gasteiger partial charge in [-0.1, -0.05) is 0 Å². The Morgan fingerprint density at radius 1 is 1.50 bits per heavy atom. The standard InChI is InChI=1S/C13H15BrFN3/c1-3-18-8-10(7-16-18)9(2)17-11-4-5-13(15)12(14)6-11/h4-9,17H,3H2,1-2H3. The van der Waals surface area contributed by atoms with Crippen molar-refractivity contribution in [3.05, 3.63) is 46.4 Å². The molecule has 1 heterocycles. The second kappa shape index (κ2) is 5.52. The number of benzene rings is 1. The molecule has 2 rings (SSSR count). The number of nitrogens with zero attached hydrogens (tertiary/aromatic N) is 2. The van der Waals surface area contributed by atoms with Crippen LogP contribution in [0.15, 0.2) is 35.1 Å². The summed E-state index contributed by atoms with van der Waals surface area (Å²) in [5, 5.41) is 7.55. The van der Waals surface area contributed by atoms with Crippen LogP contribution in [-0.2, 0) is 6.54 Å². The van der Waals surface area contributed by atoms with Crippen LogP contribution in [0.2, 0.25) is 0 Å². The molecule has 0 aliphatic heterocycles. The lowest BCUT2D eigenvalue weighted by Gasteiger charge is -2.14. The van der Waals surface area contributed by atoms with Gasteiger partial charge in [0, 0.05) is 24.0 Å². The molecular formula is C13H15BrFN3. The van der Waals surface area contributed by atoms with Gasteiger partial charge in [-0.25, -0.2) is 4.39 Å². The average Bonchev–Trinajstić information content (AvgIpc) is 2.82. The molecule has 0 fully saturated rings. The van der Waals surface area contributed by atoms with Crippen molar-refractivity contribution in [3.8, 4) is 0 Å². The predicted octanol–water partition coefficient (Wildman–Crippen LogP) is 3.98. The minimum Gasteiger partial charge on any atom is -0.378 e. The fraction of sp³-hybridized carbons (Fsp3) is 0.308. The van der Waals surface area contributed by atoms with Gasteiger partial charge in [0.25, 0.3) is 0 Å². The molecule has 0 amide bonds. The lowest BCUT2D eigenvalue weighted by atomic mass is 10.2. The minimum absolute atomic E-state index is 0.127. The van der Waals surface area contributed by atoms with E-state index in [-0.39, 0.29) is 11.9 Å². The first-order valence-electron chi connectivity index (χ1n) is 5.84. The highest BCUT2D eigenvalue weighted by molar-refractivity contribution is 9.10. The fourth-order valence-electron chi connectivity index (χ4n) is 1.70. The van der Waals surface area contributed by atoms with Crippen molar-refractivity contribution in [3.63, 3.8) is 0 Å². The third-order valence-corrected chi connectivity index (χ3v) is 3.39. The highest BCUT2D eigenvalue weighted by Crippen LogP contribution is 2.23. The molecule has 1 aromatic carbocycles. The quantitative estimate of drug-likeness (QED) is 0.925. The van der Waals surface area contributed by atoms with Crippen molar-refractivity contribution < 1.29 is 4.39 Å². The minimum atomic E-state index is -0.257. The number of halogens is 2. The number of hydrogen-bond donors (Lipinski definition) is 1. The molecule has 0 saturated carbocycles. The van der Waals surface area contributed by atoms with Gasteiger partial charge in [-0.15, -0.1) is 0 Å². The Kier molecular flexibility index (Phi) is 4.01. The van der Waals surface area contributed by atoms with Crippen molar-refractivity contribution in [1.82, 2.24) is 9.78 Å². The van der Waals surface area contributed by atoms with Crippen LogP contribution >= 0.6 is 15.9 Å². The predicted molar refractivity (Wildman–Crippen MR) is 74.0 cm³/mol. The largest absolute Gasteiger partial charge is 0.378 e. The van der Waals surface area contributed by atoms with E-state index in [4.69, 9.17) is 0 Å². The Morgan fingerprint density at radius 3 is 2.89 bits per heavy atom. The van der Waals surface area contributed by atoms with Crippen LogP contribution in [0.25, 0.3) is 0 Å². The second-order valence-electron chi connectivity index (χ2n) is 4.12. The Balaban J connectivity index is 2.10. The first-order chi connectivity index (χ1) is 8.60. The van der Waals surface area contributed by atoms with E-state index in [1.165, 1.54) is 6.07 Å². The van der Waals surface area contributed by atoms with Gasteiger partial charge in [-0.2, -0.15) is 5.10 Å². The van der Waals surface area contributed by atoms with E-state index in [0.29, 0.717) is 4.47 Å². The maximum atomic E-state index is 13.1.